The lowest BCUT2D eigenvalue weighted by atomic mass is 10.1. The van der Waals surface area contributed by atoms with E-state index in [0.717, 1.165) is 11.1 Å². The minimum absolute atomic E-state index is 0.234. The number of rotatable bonds is 7. The molecule has 2 heterocycles. The van der Waals surface area contributed by atoms with Crippen LogP contribution in [0.3, 0.4) is 0 Å². The number of nitrogens with one attached hydrogen (secondary N) is 2. The van der Waals surface area contributed by atoms with Crippen LogP contribution in [-0.2, 0) is 10.0 Å². The Morgan fingerprint density at radius 3 is 2.54 bits per heavy atom. The fourth-order valence-corrected chi connectivity index (χ4v) is 3.40. The average Bonchev–Trinajstić information content (AvgIpc) is 3.16. The molecule has 0 spiro atoms. The van der Waals surface area contributed by atoms with E-state index in [1.807, 2.05) is 13.8 Å². The fourth-order valence-electron chi connectivity index (χ4n) is 2.29. The number of aryl methyl sites for hydroxylation is 2. The first-order valence-corrected chi connectivity index (χ1v) is 9.58. The van der Waals surface area contributed by atoms with E-state index in [1.165, 1.54) is 0 Å². The molecule has 2 N–H and O–H groups in total. The van der Waals surface area contributed by atoms with Crippen LogP contribution in [0.4, 0.5) is 5.82 Å². The van der Waals surface area contributed by atoms with Gasteiger partial charge in [-0.05, 0) is 55.3 Å². The minimum atomic E-state index is -3.53. The van der Waals surface area contributed by atoms with Gasteiger partial charge >= 0.3 is 0 Å². The van der Waals surface area contributed by atoms with Crippen molar-refractivity contribution in [3.63, 3.8) is 0 Å². The van der Waals surface area contributed by atoms with Crippen molar-refractivity contribution < 1.29 is 8.42 Å². The number of nitrogens with zero attached hydrogens (tertiary/aromatic N) is 4. The van der Waals surface area contributed by atoms with Gasteiger partial charge in [-0.1, -0.05) is 6.07 Å². The number of hydrogen-bond acceptors (Lipinski definition) is 6. The Morgan fingerprint density at radius 2 is 1.88 bits per heavy atom. The first kappa shape index (κ1) is 18.0. The van der Waals surface area contributed by atoms with Gasteiger partial charge < -0.3 is 5.32 Å². The van der Waals surface area contributed by atoms with Crippen LogP contribution in [0, 0.1) is 13.8 Å². The second kappa shape index (κ2) is 7.63. The number of aromatic nitrogens is 4. The number of sulfonamides is 1. The van der Waals surface area contributed by atoms with E-state index in [1.54, 1.807) is 53.5 Å². The highest BCUT2D eigenvalue weighted by atomic mass is 32.2. The molecule has 0 saturated heterocycles. The van der Waals surface area contributed by atoms with E-state index in [4.69, 9.17) is 0 Å². The van der Waals surface area contributed by atoms with Crippen molar-refractivity contribution in [2.45, 2.75) is 18.7 Å². The molecule has 0 saturated carbocycles. The van der Waals surface area contributed by atoms with Crippen molar-refractivity contribution in [2.75, 3.05) is 18.4 Å². The van der Waals surface area contributed by atoms with Gasteiger partial charge in [0, 0.05) is 25.5 Å². The second-order valence-corrected chi connectivity index (χ2v) is 7.56. The molecule has 1 aromatic carbocycles. The van der Waals surface area contributed by atoms with Gasteiger partial charge in [-0.2, -0.15) is 5.10 Å². The molecule has 9 heteroatoms. The zero-order chi connectivity index (χ0) is 18.6. The third-order valence-electron chi connectivity index (χ3n) is 3.90. The average molecular weight is 372 g/mol. The van der Waals surface area contributed by atoms with Crippen molar-refractivity contribution in [2.24, 2.45) is 0 Å². The summed E-state index contributed by atoms with van der Waals surface area (Å²) in [5.74, 6) is 1.17. The summed E-state index contributed by atoms with van der Waals surface area (Å²) in [6.45, 7) is 4.46. The first-order chi connectivity index (χ1) is 12.5. The summed E-state index contributed by atoms with van der Waals surface area (Å²) >= 11 is 0. The molecule has 0 fully saturated rings. The molecule has 8 nitrogen and oxygen atoms in total. The highest BCUT2D eigenvalue weighted by Crippen LogP contribution is 2.14. The van der Waals surface area contributed by atoms with Crippen LogP contribution < -0.4 is 10.0 Å². The number of hydrogen-bond donors (Lipinski definition) is 2. The minimum Gasteiger partial charge on any atom is -0.367 e. The third kappa shape index (κ3) is 4.24. The zero-order valence-electron chi connectivity index (χ0n) is 14.5. The summed E-state index contributed by atoms with van der Waals surface area (Å²) in [7, 11) is -3.53. The maximum atomic E-state index is 12.3. The Bertz CT molecular complexity index is 969. The summed E-state index contributed by atoms with van der Waals surface area (Å²) in [5.41, 5.74) is 2.00. The topological polar surface area (TPSA) is 102 Å². The van der Waals surface area contributed by atoms with Crippen LogP contribution >= 0.6 is 0 Å². The highest BCUT2D eigenvalue weighted by molar-refractivity contribution is 7.89. The molecule has 3 rings (SSSR count). The molecule has 3 aromatic rings. The van der Waals surface area contributed by atoms with Gasteiger partial charge in [-0.25, -0.2) is 17.8 Å². The largest absolute Gasteiger partial charge is 0.367 e. The van der Waals surface area contributed by atoms with Gasteiger partial charge in [0.1, 0.15) is 5.82 Å². The molecule has 0 unspecified atom stereocenters. The zero-order valence-corrected chi connectivity index (χ0v) is 15.4. The van der Waals surface area contributed by atoms with Crippen molar-refractivity contribution in [1.29, 1.82) is 0 Å². The van der Waals surface area contributed by atoms with E-state index < -0.39 is 10.0 Å². The summed E-state index contributed by atoms with van der Waals surface area (Å²) in [4.78, 5) is 0.268. The standard InChI is InChI=1S/C17H20N6O2S/c1-13-4-5-15(12-14(13)2)26(24,25)20-10-9-18-16-6-7-17(22-21-16)23-11-3-8-19-23/h3-8,11-12,20H,9-10H2,1-2H3,(H,18,21). The Hall–Kier alpha value is -2.78. The van der Waals surface area contributed by atoms with Gasteiger partial charge in [0.15, 0.2) is 5.82 Å². The van der Waals surface area contributed by atoms with E-state index in [-0.39, 0.29) is 11.4 Å². The molecule has 0 amide bonds. The molecule has 136 valence electrons. The van der Waals surface area contributed by atoms with Gasteiger partial charge in [-0.15, -0.1) is 10.2 Å². The van der Waals surface area contributed by atoms with Crippen LogP contribution in [0.25, 0.3) is 5.82 Å². The molecule has 2 aromatic heterocycles. The van der Waals surface area contributed by atoms with Crippen LogP contribution in [0.2, 0.25) is 0 Å². The van der Waals surface area contributed by atoms with E-state index in [0.29, 0.717) is 18.2 Å². The third-order valence-corrected chi connectivity index (χ3v) is 5.36. The molecule has 0 aliphatic carbocycles. The molecular weight excluding hydrogens is 352 g/mol. The smallest absolute Gasteiger partial charge is 0.240 e. The lowest BCUT2D eigenvalue weighted by Gasteiger charge is -2.09. The van der Waals surface area contributed by atoms with Crippen molar-refractivity contribution in [3.05, 3.63) is 59.9 Å². The first-order valence-electron chi connectivity index (χ1n) is 8.10. The Balaban J connectivity index is 1.52. The van der Waals surface area contributed by atoms with Crippen molar-refractivity contribution >= 4 is 15.8 Å². The maximum Gasteiger partial charge on any atom is 0.240 e. The van der Waals surface area contributed by atoms with Gasteiger partial charge in [0.05, 0.1) is 4.90 Å². The molecular formula is C17H20N6O2S. The van der Waals surface area contributed by atoms with Gasteiger partial charge in [-0.3, -0.25) is 0 Å². The number of benzene rings is 1. The van der Waals surface area contributed by atoms with Gasteiger partial charge in [0.2, 0.25) is 10.0 Å². The second-order valence-electron chi connectivity index (χ2n) is 5.80. The molecule has 26 heavy (non-hydrogen) atoms. The lowest BCUT2D eigenvalue weighted by Crippen LogP contribution is -2.29. The molecule has 0 atom stereocenters. The van der Waals surface area contributed by atoms with Crippen LogP contribution in [0.15, 0.2) is 53.7 Å². The van der Waals surface area contributed by atoms with E-state index >= 15 is 0 Å². The summed E-state index contributed by atoms with van der Waals surface area (Å²) in [6.07, 6.45) is 3.44. The van der Waals surface area contributed by atoms with Crippen molar-refractivity contribution in [1.82, 2.24) is 24.7 Å². The predicted molar refractivity (Wildman–Crippen MR) is 98.7 cm³/mol. The maximum absolute atomic E-state index is 12.3. The molecule has 0 aliphatic heterocycles. The SMILES string of the molecule is Cc1ccc(S(=O)(=O)NCCNc2ccc(-n3cccn3)nn2)cc1C. The van der Waals surface area contributed by atoms with Crippen LogP contribution in [-0.4, -0.2) is 41.5 Å². The number of anilines is 1. The lowest BCUT2D eigenvalue weighted by molar-refractivity contribution is 0.582. The molecule has 0 bridgehead atoms. The van der Waals surface area contributed by atoms with Crippen molar-refractivity contribution in [3.8, 4) is 5.82 Å². The van der Waals surface area contributed by atoms with E-state index in [9.17, 15) is 8.42 Å². The molecule has 0 radical (unpaired) electrons. The predicted octanol–water partition coefficient (Wildman–Crippen LogP) is 1.67. The summed E-state index contributed by atoms with van der Waals surface area (Å²) < 4.78 is 28.8. The van der Waals surface area contributed by atoms with E-state index in [2.05, 4.69) is 25.3 Å². The highest BCUT2D eigenvalue weighted by Gasteiger charge is 2.13. The Morgan fingerprint density at radius 1 is 1.04 bits per heavy atom. The summed E-state index contributed by atoms with van der Waals surface area (Å²) in [6, 6.07) is 10.4. The molecule has 0 aliphatic rings. The quantitative estimate of drug-likeness (QED) is 0.612. The Kier molecular flexibility index (Phi) is 5.29. The fraction of sp³-hybridized carbons (Fsp3) is 0.235. The monoisotopic (exact) mass is 372 g/mol. The van der Waals surface area contributed by atoms with Crippen LogP contribution in [0.1, 0.15) is 11.1 Å². The van der Waals surface area contributed by atoms with Gasteiger partial charge in [0.25, 0.3) is 0 Å². The summed E-state index contributed by atoms with van der Waals surface area (Å²) in [5, 5.41) is 15.2. The Labute approximate surface area is 152 Å². The van der Waals surface area contributed by atoms with Crippen LogP contribution in [0.5, 0.6) is 0 Å². The normalized spacial score (nSPS) is 11.5.